The SMILES string of the molecule is CC(c1ccc(Cl)cc1)N(C)C(=O)c1ccc(CN)cc1. The van der Waals surface area contributed by atoms with Crippen molar-refractivity contribution in [3.63, 3.8) is 0 Å². The number of hydrogen-bond donors (Lipinski definition) is 1. The summed E-state index contributed by atoms with van der Waals surface area (Å²) >= 11 is 5.89. The van der Waals surface area contributed by atoms with Gasteiger partial charge in [0, 0.05) is 24.2 Å². The van der Waals surface area contributed by atoms with Gasteiger partial charge in [0.1, 0.15) is 0 Å². The number of amides is 1. The fraction of sp³-hybridized carbons (Fsp3) is 0.235. The predicted molar refractivity (Wildman–Crippen MR) is 86.3 cm³/mol. The summed E-state index contributed by atoms with van der Waals surface area (Å²) in [5.74, 6) is -0.0129. The molecule has 110 valence electrons. The molecule has 0 saturated heterocycles. The van der Waals surface area contributed by atoms with E-state index in [1.54, 1.807) is 11.9 Å². The molecule has 21 heavy (non-hydrogen) atoms. The number of benzene rings is 2. The lowest BCUT2D eigenvalue weighted by Crippen LogP contribution is -2.29. The molecule has 0 aromatic heterocycles. The minimum atomic E-state index is -0.0241. The van der Waals surface area contributed by atoms with Crippen molar-refractivity contribution in [3.8, 4) is 0 Å². The number of hydrogen-bond acceptors (Lipinski definition) is 2. The fourth-order valence-corrected chi connectivity index (χ4v) is 2.25. The maximum atomic E-state index is 12.5. The third-order valence-corrected chi connectivity index (χ3v) is 3.94. The molecule has 0 spiro atoms. The fourth-order valence-electron chi connectivity index (χ4n) is 2.13. The summed E-state index contributed by atoms with van der Waals surface area (Å²) in [6, 6.07) is 14.9. The van der Waals surface area contributed by atoms with Crippen LogP contribution in [0.1, 0.15) is 34.5 Å². The molecule has 2 N–H and O–H groups in total. The maximum Gasteiger partial charge on any atom is 0.254 e. The van der Waals surface area contributed by atoms with E-state index in [9.17, 15) is 4.79 Å². The number of carbonyl (C=O) groups is 1. The summed E-state index contributed by atoms with van der Waals surface area (Å²) in [6.45, 7) is 2.47. The van der Waals surface area contributed by atoms with Gasteiger partial charge in [0.15, 0.2) is 0 Å². The highest BCUT2D eigenvalue weighted by Gasteiger charge is 2.18. The normalized spacial score (nSPS) is 12.0. The van der Waals surface area contributed by atoms with Crippen LogP contribution in [-0.4, -0.2) is 17.9 Å². The Bertz CT molecular complexity index is 608. The zero-order valence-electron chi connectivity index (χ0n) is 12.2. The smallest absolute Gasteiger partial charge is 0.254 e. The van der Waals surface area contributed by atoms with Crippen molar-refractivity contribution in [2.75, 3.05) is 7.05 Å². The van der Waals surface area contributed by atoms with Crippen molar-refractivity contribution in [2.24, 2.45) is 5.73 Å². The number of nitrogens with zero attached hydrogens (tertiary/aromatic N) is 1. The first-order valence-corrected chi connectivity index (χ1v) is 7.22. The Morgan fingerprint density at radius 3 is 2.24 bits per heavy atom. The Morgan fingerprint density at radius 1 is 1.14 bits per heavy atom. The van der Waals surface area contributed by atoms with Gasteiger partial charge in [0.25, 0.3) is 5.91 Å². The molecule has 1 amide bonds. The molecule has 0 radical (unpaired) electrons. The molecule has 0 heterocycles. The second kappa shape index (κ2) is 6.74. The summed E-state index contributed by atoms with van der Waals surface area (Å²) < 4.78 is 0. The van der Waals surface area contributed by atoms with Gasteiger partial charge in [-0.15, -0.1) is 0 Å². The van der Waals surface area contributed by atoms with E-state index in [0.29, 0.717) is 17.1 Å². The molecule has 1 unspecified atom stereocenters. The quantitative estimate of drug-likeness (QED) is 0.937. The lowest BCUT2D eigenvalue weighted by atomic mass is 10.1. The molecule has 2 aromatic carbocycles. The Kier molecular flexibility index (Phi) is 4.99. The van der Waals surface area contributed by atoms with Gasteiger partial charge in [-0.1, -0.05) is 35.9 Å². The summed E-state index contributed by atoms with van der Waals surface area (Å²) in [5, 5.41) is 0.692. The van der Waals surface area contributed by atoms with Crippen LogP contribution in [0.4, 0.5) is 0 Å². The van der Waals surface area contributed by atoms with Gasteiger partial charge in [-0.3, -0.25) is 4.79 Å². The van der Waals surface area contributed by atoms with Gasteiger partial charge >= 0.3 is 0 Å². The highest BCUT2D eigenvalue weighted by atomic mass is 35.5. The van der Waals surface area contributed by atoms with E-state index in [1.165, 1.54) is 0 Å². The molecular weight excluding hydrogens is 284 g/mol. The first kappa shape index (κ1) is 15.5. The summed E-state index contributed by atoms with van der Waals surface area (Å²) in [4.78, 5) is 14.2. The van der Waals surface area contributed by atoms with Crippen LogP contribution in [0.2, 0.25) is 5.02 Å². The molecule has 0 aliphatic rings. The lowest BCUT2D eigenvalue weighted by molar-refractivity contribution is 0.0742. The van der Waals surface area contributed by atoms with Crippen LogP contribution in [0.5, 0.6) is 0 Å². The largest absolute Gasteiger partial charge is 0.335 e. The molecule has 0 aliphatic heterocycles. The number of carbonyl (C=O) groups excluding carboxylic acids is 1. The Morgan fingerprint density at radius 2 is 1.71 bits per heavy atom. The maximum absolute atomic E-state index is 12.5. The van der Waals surface area contributed by atoms with Gasteiger partial charge in [-0.2, -0.15) is 0 Å². The van der Waals surface area contributed by atoms with Crippen LogP contribution >= 0.6 is 11.6 Å². The minimum Gasteiger partial charge on any atom is -0.335 e. The molecule has 0 aliphatic carbocycles. The number of rotatable bonds is 4. The van der Waals surface area contributed by atoms with E-state index in [4.69, 9.17) is 17.3 Å². The Hall–Kier alpha value is -1.84. The number of nitrogens with two attached hydrogens (primary N) is 1. The van der Waals surface area contributed by atoms with Crippen LogP contribution < -0.4 is 5.73 Å². The standard InChI is InChI=1S/C17H19ClN2O/c1-12(14-7-9-16(18)10-8-14)20(2)17(21)15-5-3-13(11-19)4-6-15/h3-10,12H,11,19H2,1-2H3. The van der Waals surface area contributed by atoms with E-state index in [1.807, 2.05) is 55.5 Å². The molecular formula is C17H19ClN2O. The molecule has 0 saturated carbocycles. The van der Waals surface area contributed by atoms with E-state index in [2.05, 4.69) is 0 Å². The van der Waals surface area contributed by atoms with E-state index in [-0.39, 0.29) is 11.9 Å². The van der Waals surface area contributed by atoms with Crippen LogP contribution in [-0.2, 0) is 6.54 Å². The highest BCUT2D eigenvalue weighted by molar-refractivity contribution is 6.30. The second-order valence-corrected chi connectivity index (χ2v) is 5.48. The van der Waals surface area contributed by atoms with Gasteiger partial charge < -0.3 is 10.6 Å². The third-order valence-electron chi connectivity index (χ3n) is 3.69. The van der Waals surface area contributed by atoms with Crippen molar-refractivity contribution in [3.05, 3.63) is 70.2 Å². The molecule has 4 heteroatoms. The molecule has 3 nitrogen and oxygen atoms in total. The molecule has 2 rings (SSSR count). The van der Waals surface area contributed by atoms with Gasteiger partial charge in [-0.25, -0.2) is 0 Å². The number of halogens is 1. The van der Waals surface area contributed by atoms with Crippen LogP contribution in [0.25, 0.3) is 0 Å². The van der Waals surface area contributed by atoms with Crippen molar-refractivity contribution < 1.29 is 4.79 Å². The van der Waals surface area contributed by atoms with Crippen molar-refractivity contribution in [2.45, 2.75) is 19.5 Å². The third kappa shape index (κ3) is 3.63. The first-order chi connectivity index (χ1) is 10.0. The van der Waals surface area contributed by atoms with Crippen LogP contribution in [0.3, 0.4) is 0 Å². The van der Waals surface area contributed by atoms with Crippen LogP contribution in [0.15, 0.2) is 48.5 Å². The van der Waals surface area contributed by atoms with Gasteiger partial charge in [0.05, 0.1) is 6.04 Å². The Balaban J connectivity index is 2.15. The molecule has 1 atom stereocenters. The first-order valence-electron chi connectivity index (χ1n) is 6.84. The van der Waals surface area contributed by atoms with Crippen molar-refractivity contribution >= 4 is 17.5 Å². The monoisotopic (exact) mass is 302 g/mol. The molecule has 2 aromatic rings. The predicted octanol–water partition coefficient (Wildman–Crippen LogP) is 3.63. The van der Waals surface area contributed by atoms with E-state index in [0.717, 1.165) is 11.1 Å². The summed E-state index contributed by atoms with van der Waals surface area (Å²) in [7, 11) is 1.80. The Labute approximate surface area is 130 Å². The summed E-state index contributed by atoms with van der Waals surface area (Å²) in [5.41, 5.74) is 8.29. The van der Waals surface area contributed by atoms with Crippen molar-refractivity contribution in [1.82, 2.24) is 4.90 Å². The average Bonchev–Trinajstić information content (AvgIpc) is 2.53. The van der Waals surface area contributed by atoms with Gasteiger partial charge in [0.2, 0.25) is 0 Å². The average molecular weight is 303 g/mol. The minimum absolute atomic E-state index is 0.0129. The highest BCUT2D eigenvalue weighted by Crippen LogP contribution is 2.22. The topological polar surface area (TPSA) is 46.3 Å². The zero-order valence-corrected chi connectivity index (χ0v) is 13.0. The van der Waals surface area contributed by atoms with Crippen molar-refractivity contribution in [1.29, 1.82) is 0 Å². The molecule has 0 fully saturated rings. The van der Waals surface area contributed by atoms with Gasteiger partial charge in [-0.05, 0) is 42.3 Å². The lowest BCUT2D eigenvalue weighted by Gasteiger charge is -2.25. The van der Waals surface area contributed by atoms with Crippen LogP contribution in [0, 0.1) is 0 Å². The van der Waals surface area contributed by atoms with E-state index < -0.39 is 0 Å². The van der Waals surface area contributed by atoms with E-state index >= 15 is 0 Å². The molecule has 0 bridgehead atoms. The second-order valence-electron chi connectivity index (χ2n) is 5.04. The zero-order chi connectivity index (χ0) is 15.4. The summed E-state index contributed by atoms with van der Waals surface area (Å²) in [6.07, 6.45) is 0.